The van der Waals surface area contributed by atoms with E-state index in [1.807, 2.05) is 12.1 Å². The molecule has 1 fully saturated rings. The summed E-state index contributed by atoms with van der Waals surface area (Å²) in [5.74, 6) is 0. The lowest BCUT2D eigenvalue weighted by Crippen LogP contribution is -2.50. The Hall–Kier alpha value is -3.10. The van der Waals surface area contributed by atoms with Crippen molar-refractivity contribution in [1.29, 1.82) is 0 Å². The topological polar surface area (TPSA) is 106 Å². The van der Waals surface area contributed by atoms with Crippen molar-refractivity contribution in [2.75, 3.05) is 17.2 Å². The number of ether oxygens (including phenoxy) is 3. The number of aliphatic hydroxyl groups excluding tert-OH is 1. The zero-order valence-corrected chi connectivity index (χ0v) is 14.4. The van der Waals surface area contributed by atoms with Crippen molar-refractivity contribution in [3.8, 4) is 0 Å². The third-order valence-corrected chi connectivity index (χ3v) is 3.88. The Morgan fingerprint density at radius 1 is 0.889 bits per heavy atom. The minimum atomic E-state index is -1.39. The van der Waals surface area contributed by atoms with Gasteiger partial charge in [0.05, 0.1) is 6.61 Å². The summed E-state index contributed by atoms with van der Waals surface area (Å²) in [7, 11) is 0. The number of anilines is 2. The number of rotatable bonds is 4. The van der Waals surface area contributed by atoms with Gasteiger partial charge in [0.2, 0.25) is 0 Å². The molecular weight excluding hydrogens is 352 g/mol. The molecule has 0 saturated carbocycles. The zero-order chi connectivity index (χ0) is 19.1. The third kappa shape index (κ3) is 5.44. The van der Waals surface area contributed by atoms with Crippen LogP contribution in [0.1, 0.15) is 6.42 Å². The van der Waals surface area contributed by atoms with Gasteiger partial charge in [-0.05, 0) is 24.3 Å². The van der Waals surface area contributed by atoms with Gasteiger partial charge in [-0.1, -0.05) is 36.4 Å². The highest BCUT2D eigenvalue weighted by Gasteiger charge is 2.39. The summed E-state index contributed by atoms with van der Waals surface area (Å²) in [6, 6.07) is 17.5. The van der Waals surface area contributed by atoms with Crippen LogP contribution >= 0.6 is 0 Å². The SMILES string of the molecule is O=C(Nc1ccccc1)O[C@H]1[C@H](O)OCC[C@H]1OC(=O)Nc1ccccc1. The molecule has 2 aromatic rings. The minimum absolute atomic E-state index is 0.171. The number of carbonyl (C=O) groups is 2. The molecule has 8 heteroatoms. The van der Waals surface area contributed by atoms with Crippen LogP contribution in [0.25, 0.3) is 0 Å². The van der Waals surface area contributed by atoms with Gasteiger partial charge in [0.15, 0.2) is 12.4 Å². The number of hydrogen-bond donors (Lipinski definition) is 3. The lowest BCUT2D eigenvalue weighted by atomic mass is 10.1. The molecule has 0 spiro atoms. The number of hydrogen-bond acceptors (Lipinski definition) is 6. The molecule has 142 valence electrons. The molecule has 1 heterocycles. The largest absolute Gasteiger partial charge is 0.442 e. The second kappa shape index (κ2) is 9.02. The predicted octanol–water partition coefficient (Wildman–Crippen LogP) is 2.96. The Labute approximate surface area is 156 Å². The van der Waals surface area contributed by atoms with Crippen LogP contribution in [-0.2, 0) is 14.2 Å². The number of nitrogens with one attached hydrogen (secondary N) is 2. The second-order valence-corrected chi connectivity index (χ2v) is 5.85. The summed E-state index contributed by atoms with van der Waals surface area (Å²) < 4.78 is 15.7. The summed E-state index contributed by atoms with van der Waals surface area (Å²) >= 11 is 0. The highest BCUT2D eigenvalue weighted by atomic mass is 16.7. The first kappa shape index (κ1) is 18.7. The van der Waals surface area contributed by atoms with E-state index in [0.29, 0.717) is 11.4 Å². The number of carbonyl (C=O) groups excluding carboxylic acids is 2. The minimum Gasteiger partial charge on any atom is -0.442 e. The van der Waals surface area contributed by atoms with Crippen LogP contribution in [0.2, 0.25) is 0 Å². The molecule has 1 aliphatic rings. The van der Waals surface area contributed by atoms with Crippen LogP contribution in [0.5, 0.6) is 0 Å². The van der Waals surface area contributed by atoms with Crippen LogP contribution in [0, 0.1) is 0 Å². The predicted molar refractivity (Wildman–Crippen MR) is 97.2 cm³/mol. The number of para-hydroxylation sites is 2. The molecule has 0 radical (unpaired) electrons. The molecule has 2 amide bonds. The van der Waals surface area contributed by atoms with Gasteiger partial charge in [0, 0.05) is 17.8 Å². The van der Waals surface area contributed by atoms with E-state index >= 15 is 0 Å². The third-order valence-electron chi connectivity index (χ3n) is 3.88. The molecule has 3 N–H and O–H groups in total. The van der Waals surface area contributed by atoms with Gasteiger partial charge in [-0.2, -0.15) is 0 Å². The molecule has 3 atom stereocenters. The molecule has 27 heavy (non-hydrogen) atoms. The molecule has 0 bridgehead atoms. The summed E-state index contributed by atoms with van der Waals surface area (Å²) in [4.78, 5) is 24.2. The van der Waals surface area contributed by atoms with Crippen molar-refractivity contribution in [2.45, 2.75) is 24.9 Å². The van der Waals surface area contributed by atoms with Gasteiger partial charge in [-0.25, -0.2) is 9.59 Å². The average molecular weight is 372 g/mol. The number of benzene rings is 2. The molecule has 0 aromatic heterocycles. The molecule has 3 rings (SSSR count). The molecule has 1 saturated heterocycles. The highest BCUT2D eigenvalue weighted by molar-refractivity contribution is 5.85. The van der Waals surface area contributed by atoms with Crippen molar-refractivity contribution in [1.82, 2.24) is 0 Å². The average Bonchev–Trinajstić information content (AvgIpc) is 2.66. The first-order valence-corrected chi connectivity index (χ1v) is 8.47. The van der Waals surface area contributed by atoms with Crippen LogP contribution in [0.3, 0.4) is 0 Å². The maximum absolute atomic E-state index is 12.1. The van der Waals surface area contributed by atoms with Gasteiger partial charge < -0.3 is 19.3 Å². The second-order valence-electron chi connectivity index (χ2n) is 5.85. The van der Waals surface area contributed by atoms with E-state index in [-0.39, 0.29) is 13.0 Å². The van der Waals surface area contributed by atoms with Crippen LogP contribution in [0.4, 0.5) is 21.0 Å². The van der Waals surface area contributed by atoms with Gasteiger partial charge in [0.25, 0.3) is 0 Å². The fourth-order valence-corrected chi connectivity index (χ4v) is 2.61. The maximum Gasteiger partial charge on any atom is 0.412 e. The van der Waals surface area contributed by atoms with Crippen molar-refractivity contribution in [3.63, 3.8) is 0 Å². The van der Waals surface area contributed by atoms with E-state index in [1.54, 1.807) is 48.5 Å². The summed E-state index contributed by atoms with van der Waals surface area (Å²) in [5, 5.41) is 15.1. The van der Waals surface area contributed by atoms with Gasteiger partial charge in [-0.15, -0.1) is 0 Å². The van der Waals surface area contributed by atoms with Gasteiger partial charge >= 0.3 is 12.2 Å². The Morgan fingerprint density at radius 2 is 1.41 bits per heavy atom. The lowest BCUT2D eigenvalue weighted by Gasteiger charge is -2.34. The fraction of sp³-hybridized carbons (Fsp3) is 0.263. The first-order chi connectivity index (χ1) is 13.1. The fourth-order valence-electron chi connectivity index (χ4n) is 2.61. The lowest BCUT2D eigenvalue weighted by molar-refractivity contribution is -0.217. The van der Waals surface area contributed by atoms with E-state index in [0.717, 1.165) is 0 Å². The number of aliphatic hydroxyl groups is 1. The quantitative estimate of drug-likeness (QED) is 0.762. The highest BCUT2D eigenvalue weighted by Crippen LogP contribution is 2.21. The summed E-state index contributed by atoms with van der Waals surface area (Å²) in [6.45, 7) is 0.171. The molecular formula is C19H20N2O6. The molecule has 0 unspecified atom stereocenters. The van der Waals surface area contributed by atoms with E-state index in [4.69, 9.17) is 14.2 Å². The normalized spacial score (nSPS) is 21.7. The maximum atomic E-state index is 12.1. The van der Waals surface area contributed by atoms with Crippen molar-refractivity contribution < 1.29 is 28.9 Å². The van der Waals surface area contributed by atoms with Crippen LogP contribution in [0.15, 0.2) is 60.7 Å². The van der Waals surface area contributed by atoms with Crippen molar-refractivity contribution in [2.24, 2.45) is 0 Å². The summed E-state index contributed by atoms with van der Waals surface area (Å²) in [6.07, 6.45) is -4.61. The monoisotopic (exact) mass is 372 g/mol. The van der Waals surface area contributed by atoms with E-state index in [9.17, 15) is 14.7 Å². The Bertz CT molecular complexity index is 755. The Balaban J connectivity index is 1.59. The standard InChI is InChI=1S/C19H20N2O6/c22-17-16(27-19(24)21-14-9-5-2-6-10-14)15(11-12-25-17)26-18(23)20-13-7-3-1-4-8-13/h1-10,15-17,22H,11-12H2,(H,20,23)(H,21,24)/t15-,16-,17-/m1/s1. The molecule has 0 aliphatic carbocycles. The Kier molecular flexibility index (Phi) is 6.24. The van der Waals surface area contributed by atoms with Crippen LogP contribution < -0.4 is 10.6 Å². The van der Waals surface area contributed by atoms with Gasteiger partial charge in [-0.3, -0.25) is 10.6 Å². The zero-order valence-electron chi connectivity index (χ0n) is 14.4. The number of amides is 2. The Morgan fingerprint density at radius 3 is 1.96 bits per heavy atom. The van der Waals surface area contributed by atoms with E-state index in [2.05, 4.69) is 10.6 Å². The van der Waals surface area contributed by atoms with Gasteiger partial charge in [0.1, 0.15) is 6.10 Å². The van der Waals surface area contributed by atoms with E-state index in [1.165, 1.54) is 0 Å². The van der Waals surface area contributed by atoms with Crippen LogP contribution in [-0.4, -0.2) is 42.4 Å². The smallest absolute Gasteiger partial charge is 0.412 e. The summed E-state index contributed by atoms with van der Waals surface area (Å²) in [5.41, 5.74) is 1.10. The molecule has 2 aromatic carbocycles. The van der Waals surface area contributed by atoms with Crippen molar-refractivity contribution >= 4 is 23.6 Å². The van der Waals surface area contributed by atoms with Crippen molar-refractivity contribution in [3.05, 3.63) is 60.7 Å². The molecule has 8 nitrogen and oxygen atoms in total. The first-order valence-electron chi connectivity index (χ1n) is 8.47. The molecule has 1 aliphatic heterocycles. The van der Waals surface area contributed by atoms with E-state index < -0.39 is 30.7 Å².